The fraction of sp³-hybridized carbons (Fsp3) is 0.538. The Labute approximate surface area is 129 Å². The standard InChI is InChI=1S/C13H18Cl2N2O2S/c1-8-4-3-5-17(9(8)2)20(18,19)13-11(14)6-10(16)7-12(13)15/h6-9H,3-5,16H2,1-2H3. The summed E-state index contributed by atoms with van der Waals surface area (Å²) in [6.07, 6.45) is 1.87. The largest absolute Gasteiger partial charge is 0.399 e. The first kappa shape index (κ1) is 15.9. The second-order valence-electron chi connectivity index (χ2n) is 5.29. The van der Waals surface area contributed by atoms with Crippen molar-refractivity contribution in [1.29, 1.82) is 0 Å². The Morgan fingerprint density at radius 1 is 1.25 bits per heavy atom. The first-order valence-electron chi connectivity index (χ1n) is 6.51. The van der Waals surface area contributed by atoms with Crippen LogP contribution in [0, 0.1) is 5.92 Å². The van der Waals surface area contributed by atoms with E-state index in [1.54, 1.807) is 0 Å². The van der Waals surface area contributed by atoms with Gasteiger partial charge in [0.05, 0.1) is 10.0 Å². The number of nitrogens with two attached hydrogens (primary N) is 1. The predicted molar refractivity (Wildman–Crippen MR) is 82.6 cm³/mol. The quantitative estimate of drug-likeness (QED) is 0.842. The summed E-state index contributed by atoms with van der Waals surface area (Å²) >= 11 is 12.1. The molecule has 7 heteroatoms. The molecule has 2 atom stereocenters. The summed E-state index contributed by atoms with van der Waals surface area (Å²) in [4.78, 5) is -0.0454. The molecule has 1 aliphatic heterocycles. The molecule has 1 aromatic rings. The van der Waals surface area contributed by atoms with Crippen molar-refractivity contribution in [3.05, 3.63) is 22.2 Å². The van der Waals surface area contributed by atoms with Gasteiger partial charge in [0.2, 0.25) is 10.0 Å². The van der Waals surface area contributed by atoms with E-state index >= 15 is 0 Å². The van der Waals surface area contributed by atoms with Crippen LogP contribution in [0.2, 0.25) is 10.0 Å². The van der Waals surface area contributed by atoms with E-state index in [9.17, 15) is 8.42 Å². The first-order valence-corrected chi connectivity index (χ1v) is 8.71. The van der Waals surface area contributed by atoms with Crippen LogP contribution in [-0.2, 0) is 10.0 Å². The van der Waals surface area contributed by atoms with Crippen molar-refractivity contribution in [3.8, 4) is 0 Å². The minimum absolute atomic E-state index is 0.0454. The zero-order valence-corrected chi connectivity index (χ0v) is 13.8. The van der Waals surface area contributed by atoms with Gasteiger partial charge >= 0.3 is 0 Å². The van der Waals surface area contributed by atoms with Crippen molar-refractivity contribution in [2.75, 3.05) is 12.3 Å². The third kappa shape index (κ3) is 2.77. The lowest BCUT2D eigenvalue weighted by molar-refractivity contribution is 0.202. The molecule has 20 heavy (non-hydrogen) atoms. The number of halogens is 2. The molecule has 0 spiro atoms. The normalized spacial score (nSPS) is 24.8. The molecule has 1 heterocycles. The van der Waals surface area contributed by atoms with Crippen LogP contribution in [0.4, 0.5) is 5.69 Å². The highest BCUT2D eigenvalue weighted by Crippen LogP contribution is 2.37. The monoisotopic (exact) mass is 336 g/mol. The van der Waals surface area contributed by atoms with E-state index in [1.807, 2.05) is 6.92 Å². The van der Waals surface area contributed by atoms with Gasteiger partial charge < -0.3 is 5.73 Å². The lowest BCUT2D eigenvalue weighted by Gasteiger charge is -2.37. The van der Waals surface area contributed by atoms with Crippen LogP contribution < -0.4 is 5.73 Å². The molecule has 2 N–H and O–H groups in total. The lowest BCUT2D eigenvalue weighted by atomic mass is 9.94. The summed E-state index contributed by atoms with van der Waals surface area (Å²) in [5.74, 6) is 0.310. The molecule has 0 amide bonds. The number of hydrogen-bond acceptors (Lipinski definition) is 3. The van der Waals surface area contributed by atoms with Gasteiger partial charge in [-0.15, -0.1) is 0 Å². The van der Waals surface area contributed by atoms with Gasteiger partial charge in [-0.1, -0.05) is 30.1 Å². The minimum atomic E-state index is -3.71. The van der Waals surface area contributed by atoms with Crippen molar-refractivity contribution in [1.82, 2.24) is 4.31 Å². The Morgan fingerprint density at radius 2 is 1.80 bits per heavy atom. The van der Waals surface area contributed by atoms with Gasteiger partial charge in [0.25, 0.3) is 0 Å². The fourth-order valence-corrected chi connectivity index (χ4v) is 5.53. The Kier molecular flexibility index (Phi) is 4.54. The number of sulfonamides is 1. The number of piperidine rings is 1. The summed E-state index contributed by atoms with van der Waals surface area (Å²) in [5, 5.41) is 0.140. The molecule has 1 saturated heterocycles. The summed E-state index contributed by atoms with van der Waals surface area (Å²) in [6.45, 7) is 4.46. The van der Waals surface area contributed by atoms with Gasteiger partial charge in [0.15, 0.2) is 0 Å². The number of nitrogen functional groups attached to an aromatic ring is 1. The van der Waals surface area contributed by atoms with Gasteiger partial charge in [0.1, 0.15) is 4.90 Å². The average Bonchev–Trinajstić information content (AvgIpc) is 2.30. The maximum Gasteiger partial charge on any atom is 0.246 e. The van der Waals surface area contributed by atoms with E-state index < -0.39 is 10.0 Å². The van der Waals surface area contributed by atoms with E-state index in [-0.39, 0.29) is 21.0 Å². The molecular weight excluding hydrogens is 319 g/mol. The molecule has 2 unspecified atom stereocenters. The van der Waals surface area contributed by atoms with E-state index in [4.69, 9.17) is 28.9 Å². The number of rotatable bonds is 2. The third-order valence-electron chi connectivity index (χ3n) is 3.90. The van der Waals surface area contributed by atoms with E-state index in [1.165, 1.54) is 16.4 Å². The van der Waals surface area contributed by atoms with Crippen LogP contribution in [-0.4, -0.2) is 25.3 Å². The smallest absolute Gasteiger partial charge is 0.246 e. The molecule has 2 rings (SSSR count). The highest BCUT2D eigenvalue weighted by Gasteiger charge is 2.36. The maximum absolute atomic E-state index is 12.8. The Hall–Kier alpha value is -0.490. The first-order chi connectivity index (χ1) is 9.25. The van der Waals surface area contributed by atoms with E-state index in [0.717, 1.165) is 12.8 Å². The Balaban J connectivity index is 2.50. The van der Waals surface area contributed by atoms with Crippen molar-refractivity contribution in [3.63, 3.8) is 0 Å². The number of nitrogens with zero attached hydrogens (tertiary/aromatic N) is 1. The van der Waals surface area contributed by atoms with E-state index in [0.29, 0.717) is 18.2 Å². The van der Waals surface area contributed by atoms with Crippen LogP contribution in [0.5, 0.6) is 0 Å². The topological polar surface area (TPSA) is 63.4 Å². The minimum Gasteiger partial charge on any atom is -0.399 e. The molecule has 1 aliphatic rings. The van der Waals surface area contributed by atoms with Gasteiger partial charge in [-0.2, -0.15) is 4.31 Å². The van der Waals surface area contributed by atoms with E-state index in [2.05, 4.69) is 6.92 Å². The number of benzene rings is 1. The molecule has 4 nitrogen and oxygen atoms in total. The third-order valence-corrected chi connectivity index (χ3v) is 6.81. The zero-order chi connectivity index (χ0) is 15.1. The van der Waals surface area contributed by atoms with Gasteiger partial charge in [-0.05, 0) is 37.8 Å². The van der Waals surface area contributed by atoms with Crippen LogP contribution in [0.25, 0.3) is 0 Å². The SMILES string of the molecule is CC1CCCN(S(=O)(=O)c2c(Cl)cc(N)cc2Cl)C1C. The van der Waals surface area contributed by atoms with Gasteiger partial charge in [0, 0.05) is 18.3 Å². The molecule has 0 radical (unpaired) electrons. The summed E-state index contributed by atoms with van der Waals surface area (Å²) in [5.41, 5.74) is 5.97. The highest BCUT2D eigenvalue weighted by atomic mass is 35.5. The average molecular weight is 337 g/mol. The van der Waals surface area contributed by atoms with Gasteiger partial charge in [-0.3, -0.25) is 0 Å². The Morgan fingerprint density at radius 3 is 2.35 bits per heavy atom. The fourth-order valence-electron chi connectivity index (χ4n) is 2.58. The van der Waals surface area contributed by atoms with Crippen molar-refractivity contribution in [2.45, 2.75) is 37.6 Å². The molecule has 0 bridgehead atoms. The molecule has 0 aromatic heterocycles. The molecule has 0 saturated carbocycles. The maximum atomic E-state index is 12.8. The van der Waals surface area contributed by atoms with Crippen LogP contribution in [0.3, 0.4) is 0 Å². The number of anilines is 1. The van der Waals surface area contributed by atoms with Crippen molar-refractivity contribution >= 4 is 38.9 Å². The van der Waals surface area contributed by atoms with Gasteiger partial charge in [-0.25, -0.2) is 8.42 Å². The summed E-state index contributed by atoms with van der Waals surface area (Å²) in [7, 11) is -3.71. The van der Waals surface area contributed by atoms with Crippen LogP contribution >= 0.6 is 23.2 Å². The summed E-state index contributed by atoms with van der Waals surface area (Å²) in [6, 6.07) is 2.76. The van der Waals surface area contributed by atoms with Crippen LogP contribution in [0.1, 0.15) is 26.7 Å². The summed E-state index contributed by atoms with van der Waals surface area (Å²) < 4.78 is 27.1. The number of hydrogen-bond donors (Lipinski definition) is 1. The molecule has 0 aliphatic carbocycles. The second kappa shape index (κ2) is 5.72. The van der Waals surface area contributed by atoms with Crippen molar-refractivity contribution < 1.29 is 8.42 Å². The molecular formula is C13H18Cl2N2O2S. The zero-order valence-electron chi connectivity index (χ0n) is 11.4. The lowest BCUT2D eigenvalue weighted by Crippen LogP contribution is -2.46. The predicted octanol–water partition coefficient (Wildman–Crippen LogP) is 3.38. The Bertz CT molecular complexity index is 596. The molecule has 1 fully saturated rings. The van der Waals surface area contributed by atoms with Crippen molar-refractivity contribution in [2.24, 2.45) is 5.92 Å². The molecule has 112 valence electrons. The van der Waals surface area contributed by atoms with Crippen LogP contribution in [0.15, 0.2) is 17.0 Å². The second-order valence-corrected chi connectivity index (χ2v) is 7.93. The highest BCUT2D eigenvalue weighted by molar-refractivity contribution is 7.89. The molecule has 1 aromatic carbocycles.